The summed E-state index contributed by atoms with van der Waals surface area (Å²) in [5.74, 6) is -0.604. The van der Waals surface area contributed by atoms with Gasteiger partial charge in [0.1, 0.15) is 17.4 Å². The molecule has 2 rings (SSSR count). The molecule has 7 nitrogen and oxygen atoms in total. The predicted molar refractivity (Wildman–Crippen MR) is 94.1 cm³/mol. The zero-order chi connectivity index (χ0) is 18.8. The molecule has 2 N–H and O–H groups in total. The first-order valence-electron chi connectivity index (χ1n) is 7.24. The maximum atomic E-state index is 12.2. The fraction of sp³-hybridized carbons (Fsp3) is 0.235. The smallest absolute Gasteiger partial charge is 0.288 e. The molecular formula is C17H16BrN3O4. The van der Waals surface area contributed by atoms with E-state index in [0.29, 0.717) is 9.20 Å². The molecule has 0 fully saturated rings. The first-order valence-corrected chi connectivity index (χ1v) is 8.04. The Bertz CT molecular complexity index is 862. The van der Waals surface area contributed by atoms with Crippen molar-refractivity contribution in [1.29, 1.82) is 5.26 Å². The molecule has 0 bridgehead atoms. The van der Waals surface area contributed by atoms with Crippen LogP contribution in [0.15, 0.2) is 40.1 Å². The second-order valence-corrected chi connectivity index (χ2v) is 7.03. The molecule has 0 unspecified atom stereocenters. The van der Waals surface area contributed by atoms with Gasteiger partial charge in [-0.1, -0.05) is 5.16 Å². The summed E-state index contributed by atoms with van der Waals surface area (Å²) in [7, 11) is 0. The number of hydrogen-bond acceptors (Lipinski definition) is 6. The number of phenolic OH excluding ortho intramolecular Hbond substituents is 1. The van der Waals surface area contributed by atoms with Crippen LogP contribution in [-0.2, 0) is 4.84 Å². The molecule has 0 spiro atoms. The van der Waals surface area contributed by atoms with Crippen molar-refractivity contribution in [2.24, 2.45) is 5.16 Å². The highest BCUT2D eigenvalue weighted by Crippen LogP contribution is 2.30. The van der Waals surface area contributed by atoms with E-state index in [-0.39, 0.29) is 34.0 Å². The van der Waals surface area contributed by atoms with Crippen molar-refractivity contribution in [3.63, 3.8) is 0 Å². The average Bonchev–Trinajstić information content (AvgIpc) is 2.51. The number of halogens is 1. The SMILES string of the molecule is CC(C)(C)O/N=C(/c1cc(Br)c(C#N)cc1O)c1c(O)ccc[n+]1[O-]. The molecule has 1 aromatic carbocycles. The van der Waals surface area contributed by atoms with Gasteiger partial charge in [0.15, 0.2) is 17.7 Å². The van der Waals surface area contributed by atoms with Gasteiger partial charge in [0.25, 0.3) is 5.69 Å². The Balaban J connectivity index is 2.74. The van der Waals surface area contributed by atoms with Crippen LogP contribution in [0, 0.1) is 16.5 Å². The van der Waals surface area contributed by atoms with Gasteiger partial charge in [-0.3, -0.25) is 0 Å². The van der Waals surface area contributed by atoms with Crippen molar-refractivity contribution in [2.75, 3.05) is 0 Å². The summed E-state index contributed by atoms with van der Waals surface area (Å²) < 4.78 is 0.824. The third kappa shape index (κ3) is 4.19. The van der Waals surface area contributed by atoms with Crippen LogP contribution >= 0.6 is 15.9 Å². The molecule has 0 aliphatic rings. The number of hydrogen-bond donors (Lipinski definition) is 2. The highest BCUT2D eigenvalue weighted by Gasteiger charge is 2.26. The van der Waals surface area contributed by atoms with Crippen molar-refractivity contribution >= 4 is 21.6 Å². The molecule has 130 valence electrons. The van der Waals surface area contributed by atoms with Gasteiger partial charge in [0.2, 0.25) is 0 Å². The second-order valence-electron chi connectivity index (χ2n) is 6.17. The summed E-state index contributed by atoms with van der Waals surface area (Å²) >= 11 is 3.23. The van der Waals surface area contributed by atoms with Crippen LogP contribution in [-0.4, -0.2) is 21.5 Å². The number of aromatic nitrogens is 1. The van der Waals surface area contributed by atoms with E-state index in [1.54, 1.807) is 20.8 Å². The molecule has 1 heterocycles. The van der Waals surface area contributed by atoms with E-state index in [1.165, 1.54) is 30.5 Å². The van der Waals surface area contributed by atoms with E-state index in [4.69, 9.17) is 10.1 Å². The lowest BCUT2D eigenvalue weighted by atomic mass is 10.0. The van der Waals surface area contributed by atoms with Crippen LogP contribution in [0.4, 0.5) is 0 Å². The van der Waals surface area contributed by atoms with Gasteiger partial charge in [-0.15, -0.1) is 0 Å². The summed E-state index contributed by atoms with van der Waals surface area (Å²) in [5.41, 5.74) is -0.571. The molecule has 25 heavy (non-hydrogen) atoms. The largest absolute Gasteiger partial charge is 0.618 e. The van der Waals surface area contributed by atoms with Gasteiger partial charge < -0.3 is 20.3 Å². The predicted octanol–water partition coefficient (Wildman–Crippen LogP) is 2.93. The Morgan fingerprint density at radius 3 is 2.56 bits per heavy atom. The van der Waals surface area contributed by atoms with Gasteiger partial charge >= 0.3 is 0 Å². The number of oxime groups is 1. The van der Waals surface area contributed by atoms with Gasteiger partial charge in [-0.2, -0.15) is 9.99 Å². The van der Waals surface area contributed by atoms with Crippen LogP contribution in [0.25, 0.3) is 0 Å². The molecule has 1 aromatic heterocycles. The first kappa shape index (κ1) is 18.5. The zero-order valence-electron chi connectivity index (χ0n) is 13.8. The molecule has 0 atom stereocenters. The van der Waals surface area contributed by atoms with Crippen molar-refractivity contribution in [3.8, 4) is 17.6 Å². The summed E-state index contributed by atoms with van der Waals surface area (Å²) in [5, 5.41) is 45.6. The first-order chi connectivity index (χ1) is 11.6. The quantitative estimate of drug-likeness (QED) is 0.352. The van der Waals surface area contributed by atoms with E-state index < -0.39 is 5.60 Å². The summed E-state index contributed by atoms with van der Waals surface area (Å²) in [6, 6.07) is 7.30. The van der Waals surface area contributed by atoms with Crippen LogP contribution in [0.5, 0.6) is 11.5 Å². The fourth-order valence-electron chi connectivity index (χ4n) is 1.94. The van der Waals surface area contributed by atoms with Crippen LogP contribution in [0.1, 0.15) is 37.6 Å². The molecular weight excluding hydrogens is 390 g/mol. The van der Waals surface area contributed by atoms with Gasteiger partial charge in [0, 0.05) is 10.5 Å². The van der Waals surface area contributed by atoms with Gasteiger partial charge in [-0.05, 0) is 54.9 Å². The number of phenols is 1. The van der Waals surface area contributed by atoms with E-state index in [2.05, 4.69) is 21.1 Å². The summed E-state index contributed by atoms with van der Waals surface area (Å²) in [6.45, 7) is 5.29. The van der Waals surface area contributed by atoms with Crippen LogP contribution in [0.2, 0.25) is 0 Å². The summed E-state index contributed by atoms with van der Waals surface area (Å²) in [4.78, 5) is 5.39. The number of benzene rings is 1. The van der Waals surface area contributed by atoms with E-state index in [1.807, 2.05) is 6.07 Å². The number of pyridine rings is 1. The normalized spacial score (nSPS) is 11.9. The maximum absolute atomic E-state index is 12.2. The summed E-state index contributed by atoms with van der Waals surface area (Å²) in [6.07, 6.45) is 1.19. The lowest BCUT2D eigenvalue weighted by molar-refractivity contribution is -0.607. The number of aromatic hydroxyl groups is 2. The third-order valence-corrected chi connectivity index (χ3v) is 3.69. The Morgan fingerprint density at radius 2 is 2.00 bits per heavy atom. The molecule has 0 aliphatic carbocycles. The standard InChI is InChI=1S/C17H16BrN3O4/c1-17(2,3)25-20-15(16-13(22)5-4-6-21(16)24)11-8-12(18)10(9-19)7-14(11)23/h4-8,22-23H,1-3H3/b20-15-. The highest BCUT2D eigenvalue weighted by atomic mass is 79.9. The van der Waals surface area contributed by atoms with E-state index >= 15 is 0 Å². The highest BCUT2D eigenvalue weighted by molar-refractivity contribution is 9.10. The molecule has 0 amide bonds. The Kier molecular flexibility index (Phi) is 5.18. The van der Waals surface area contributed by atoms with Crippen LogP contribution < -0.4 is 4.73 Å². The second kappa shape index (κ2) is 6.99. The topological polar surface area (TPSA) is 113 Å². The third-order valence-electron chi connectivity index (χ3n) is 3.03. The van der Waals surface area contributed by atoms with Crippen molar-refractivity contribution < 1.29 is 19.8 Å². The van der Waals surface area contributed by atoms with Crippen LogP contribution in [0.3, 0.4) is 0 Å². The number of nitrogens with zero attached hydrogens (tertiary/aromatic N) is 3. The van der Waals surface area contributed by atoms with Gasteiger partial charge in [-0.25, -0.2) is 0 Å². The van der Waals surface area contributed by atoms with E-state index in [0.717, 1.165) is 0 Å². The van der Waals surface area contributed by atoms with Crippen molar-refractivity contribution in [3.05, 3.63) is 57.0 Å². The minimum Gasteiger partial charge on any atom is -0.618 e. The lowest BCUT2D eigenvalue weighted by Gasteiger charge is -2.17. The zero-order valence-corrected chi connectivity index (χ0v) is 15.4. The lowest BCUT2D eigenvalue weighted by Crippen LogP contribution is -2.35. The Labute approximate surface area is 153 Å². The molecule has 0 saturated heterocycles. The fourth-order valence-corrected chi connectivity index (χ4v) is 2.38. The van der Waals surface area contributed by atoms with Crippen molar-refractivity contribution in [2.45, 2.75) is 26.4 Å². The molecule has 0 saturated carbocycles. The average molecular weight is 406 g/mol. The Hall–Kier alpha value is -2.79. The van der Waals surface area contributed by atoms with E-state index in [9.17, 15) is 15.4 Å². The molecule has 0 aliphatic heterocycles. The Morgan fingerprint density at radius 1 is 1.32 bits per heavy atom. The number of rotatable bonds is 3. The maximum Gasteiger partial charge on any atom is 0.288 e. The minimum absolute atomic E-state index is 0.0642. The molecule has 2 aromatic rings. The van der Waals surface area contributed by atoms with Crippen molar-refractivity contribution in [1.82, 2.24) is 0 Å². The minimum atomic E-state index is -0.664. The molecule has 8 heteroatoms. The number of nitriles is 1. The molecule has 0 radical (unpaired) electrons. The van der Waals surface area contributed by atoms with Gasteiger partial charge in [0.05, 0.1) is 11.1 Å². The monoisotopic (exact) mass is 405 g/mol.